The molecule has 1 saturated heterocycles. The van der Waals surface area contributed by atoms with Gasteiger partial charge in [0.05, 0.1) is 12.7 Å². The number of hydrogen-bond donors (Lipinski definition) is 1. The van der Waals surface area contributed by atoms with Crippen LogP contribution in [-0.2, 0) is 14.3 Å². The molecule has 0 spiro atoms. The first-order valence-electron chi connectivity index (χ1n) is 5.90. The molecule has 1 rings (SSSR count). The highest BCUT2D eigenvalue weighted by Crippen LogP contribution is 2.31. The average molecular weight is 282 g/mol. The van der Waals surface area contributed by atoms with E-state index < -0.39 is 36.2 Å². The van der Waals surface area contributed by atoms with Gasteiger partial charge in [0.25, 0.3) is 0 Å². The van der Waals surface area contributed by atoms with Gasteiger partial charge in [-0.1, -0.05) is 0 Å². The zero-order valence-corrected chi connectivity index (χ0v) is 11.0. The fraction of sp³-hybridized carbons (Fsp3) is 0.818. The summed E-state index contributed by atoms with van der Waals surface area (Å²) in [5, 5.41) is 2.29. The predicted molar refractivity (Wildman–Crippen MR) is 60.2 cm³/mol. The molecule has 1 N–H and O–H groups in total. The Balaban J connectivity index is 2.88. The van der Waals surface area contributed by atoms with Crippen LogP contribution in [0.3, 0.4) is 0 Å². The van der Waals surface area contributed by atoms with Crippen LogP contribution in [0.5, 0.6) is 0 Å². The fourth-order valence-corrected chi connectivity index (χ4v) is 2.13. The summed E-state index contributed by atoms with van der Waals surface area (Å²) < 4.78 is 43.9. The highest BCUT2D eigenvalue weighted by atomic mass is 19.4. The molecule has 3 atom stereocenters. The Morgan fingerprint density at radius 3 is 2.47 bits per heavy atom. The molecule has 0 aromatic heterocycles. The number of amides is 2. The lowest BCUT2D eigenvalue weighted by molar-refractivity contribution is -0.230. The van der Waals surface area contributed by atoms with Crippen molar-refractivity contribution in [2.45, 2.75) is 45.1 Å². The summed E-state index contributed by atoms with van der Waals surface area (Å²) in [7, 11) is 0. The van der Waals surface area contributed by atoms with E-state index >= 15 is 0 Å². The molecule has 1 aliphatic heterocycles. The van der Waals surface area contributed by atoms with E-state index in [-0.39, 0.29) is 13.2 Å². The van der Waals surface area contributed by atoms with Crippen LogP contribution < -0.4 is 5.32 Å². The Bertz CT molecular complexity index is 360. The Morgan fingerprint density at radius 1 is 1.42 bits per heavy atom. The topological polar surface area (TPSA) is 58.6 Å². The molecule has 0 aliphatic carbocycles. The van der Waals surface area contributed by atoms with E-state index in [4.69, 9.17) is 4.74 Å². The van der Waals surface area contributed by atoms with Gasteiger partial charge < -0.3 is 15.0 Å². The second-order valence-electron chi connectivity index (χ2n) is 4.52. The van der Waals surface area contributed by atoms with Crippen molar-refractivity contribution >= 4 is 11.8 Å². The second kappa shape index (κ2) is 5.77. The quantitative estimate of drug-likeness (QED) is 0.810. The largest absolute Gasteiger partial charge is 0.411 e. The number of carbonyl (C=O) groups excluding carboxylic acids is 2. The standard InChI is InChI=1S/C11H17F3N2O3/c1-6(15-8(3)17)10(18)16-4-5-19-7(2)9(16)11(12,13)14/h6-7,9H,4-5H2,1-3H3,(H,15,17)/t6?,7-,9-/m0/s1. The summed E-state index contributed by atoms with van der Waals surface area (Å²) in [6.45, 7) is 3.74. The minimum atomic E-state index is -4.56. The van der Waals surface area contributed by atoms with Gasteiger partial charge in [-0.15, -0.1) is 0 Å². The van der Waals surface area contributed by atoms with Crippen molar-refractivity contribution in [3.05, 3.63) is 0 Å². The third-order valence-electron chi connectivity index (χ3n) is 2.90. The number of alkyl halides is 3. The molecule has 0 aromatic rings. The third kappa shape index (κ3) is 3.82. The monoisotopic (exact) mass is 282 g/mol. The van der Waals surface area contributed by atoms with Crippen LogP contribution in [0.15, 0.2) is 0 Å². The number of ether oxygens (including phenoxy) is 1. The molecule has 0 saturated carbocycles. The van der Waals surface area contributed by atoms with Crippen LogP contribution in [0.25, 0.3) is 0 Å². The molecule has 1 heterocycles. The van der Waals surface area contributed by atoms with Crippen LogP contribution in [0.4, 0.5) is 13.2 Å². The van der Waals surface area contributed by atoms with Crippen molar-refractivity contribution in [2.75, 3.05) is 13.2 Å². The highest BCUT2D eigenvalue weighted by molar-refractivity contribution is 5.86. The van der Waals surface area contributed by atoms with E-state index in [1.807, 2.05) is 0 Å². The normalized spacial score (nSPS) is 25.9. The number of nitrogens with zero attached hydrogens (tertiary/aromatic N) is 1. The van der Waals surface area contributed by atoms with Crippen LogP contribution in [0, 0.1) is 0 Å². The Hall–Kier alpha value is -1.31. The summed E-state index contributed by atoms with van der Waals surface area (Å²) in [6, 6.07) is -2.97. The smallest absolute Gasteiger partial charge is 0.374 e. The molecule has 1 aliphatic rings. The molecule has 2 amide bonds. The molecule has 0 aromatic carbocycles. The Morgan fingerprint density at radius 2 is 2.00 bits per heavy atom. The molecule has 5 nitrogen and oxygen atoms in total. The maximum Gasteiger partial charge on any atom is 0.411 e. The SMILES string of the molecule is CC(=O)NC(C)C(=O)N1CCO[C@@H](C)[C@H]1C(F)(F)F. The molecule has 0 bridgehead atoms. The van der Waals surface area contributed by atoms with Crippen molar-refractivity contribution in [3.8, 4) is 0 Å². The van der Waals surface area contributed by atoms with E-state index in [0.717, 1.165) is 4.90 Å². The molecule has 8 heteroatoms. The van der Waals surface area contributed by atoms with Gasteiger partial charge in [-0.2, -0.15) is 13.2 Å². The molecule has 1 fully saturated rings. The summed E-state index contributed by atoms with van der Waals surface area (Å²) in [6.07, 6.45) is -5.69. The predicted octanol–water partition coefficient (Wildman–Crippen LogP) is 0.689. The van der Waals surface area contributed by atoms with Crippen LogP contribution in [0.1, 0.15) is 20.8 Å². The zero-order valence-electron chi connectivity index (χ0n) is 11.0. The van der Waals surface area contributed by atoms with Gasteiger partial charge in [0.2, 0.25) is 11.8 Å². The van der Waals surface area contributed by atoms with Crippen LogP contribution >= 0.6 is 0 Å². The van der Waals surface area contributed by atoms with Gasteiger partial charge >= 0.3 is 6.18 Å². The maximum absolute atomic E-state index is 13.0. The molecular weight excluding hydrogens is 265 g/mol. The van der Waals surface area contributed by atoms with Gasteiger partial charge in [0.1, 0.15) is 6.04 Å². The number of halogens is 3. The minimum absolute atomic E-state index is 0.0479. The number of rotatable bonds is 2. The van der Waals surface area contributed by atoms with Crippen molar-refractivity contribution in [3.63, 3.8) is 0 Å². The van der Waals surface area contributed by atoms with Crippen molar-refractivity contribution < 1.29 is 27.5 Å². The summed E-state index contributed by atoms with van der Waals surface area (Å²) >= 11 is 0. The van der Waals surface area contributed by atoms with Gasteiger partial charge in [0, 0.05) is 13.5 Å². The summed E-state index contributed by atoms with van der Waals surface area (Å²) in [5.41, 5.74) is 0. The highest BCUT2D eigenvalue weighted by Gasteiger charge is 2.51. The lowest BCUT2D eigenvalue weighted by Gasteiger charge is -2.41. The average Bonchev–Trinajstić information content (AvgIpc) is 2.24. The van der Waals surface area contributed by atoms with E-state index in [1.54, 1.807) is 0 Å². The lowest BCUT2D eigenvalue weighted by Crippen LogP contribution is -2.62. The number of hydrogen-bond acceptors (Lipinski definition) is 3. The molecule has 110 valence electrons. The Kier molecular flexibility index (Phi) is 4.78. The molecule has 0 radical (unpaired) electrons. The molecule has 1 unspecified atom stereocenters. The van der Waals surface area contributed by atoms with Crippen molar-refractivity contribution in [1.29, 1.82) is 0 Å². The van der Waals surface area contributed by atoms with Crippen molar-refractivity contribution in [1.82, 2.24) is 10.2 Å². The van der Waals surface area contributed by atoms with E-state index in [1.165, 1.54) is 20.8 Å². The maximum atomic E-state index is 13.0. The summed E-state index contributed by atoms with van der Waals surface area (Å²) in [4.78, 5) is 23.6. The van der Waals surface area contributed by atoms with Gasteiger partial charge in [-0.05, 0) is 13.8 Å². The van der Waals surface area contributed by atoms with E-state index in [2.05, 4.69) is 5.32 Å². The van der Waals surface area contributed by atoms with E-state index in [0.29, 0.717) is 0 Å². The van der Waals surface area contributed by atoms with E-state index in [9.17, 15) is 22.8 Å². The number of carbonyl (C=O) groups is 2. The number of morpholine rings is 1. The summed E-state index contributed by atoms with van der Waals surface area (Å²) in [5.74, 6) is -1.22. The first-order chi connectivity index (χ1) is 8.64. The van der Waals surface area contributed by atoms with Crippen LogP contribution in [0.2, 0.25) is 0 Å². The number of nitrogens with one attached hydrogen (secondary N) is 1. The fourth-order valence-electron chi connectivity index (χ4n) is 2.13. The first kappa shape index (κ1) is 15.7. The van der Waals surface area contributed by atoms with Gasteiger partial charge in [-0.3, -0.25) is 9.59 Å². The van der Waals surface area contributed by atoms with Gasteiger partial charge in [0.15, 0.2) is 6.04 Å². The Labute approximate surface area is 109 Å². The molecular formula is C11H17F3N2O3. The van der Waals surface area contributed by atoms with Crippen molar-refractivity contribution in [2.24, 2.45) is 0 Å². The third-order valence-corrected chi connectivity index (χ3v) is 2.90. The van der Waals surface area contributed by atoms with Gasteiger partial charge in [-0.25, -0.2) is 0 Å². The first-order valence-corrected chi connectivity index (χ1v) is 5.90. The second-order valence-corrected chi connectivity index (χ2v) is 4.52. The lowest BCUT2D eigenvalue weighted by atomic mass is 10.1. The van der Waals surface area contributed by atoms with Crippen LogP contribution in [-0.4, -0.2) is 54.2 Å². The zero-order chi connectivity index (χ0) is 14.8. The molecule has 19 heavy (non-hydrogen) atoms. The minimum Gasteiger partial charge on any atom is -0.374 e.